The Bertz CT molecular complexity index is 568. The molecule has 0 aromatic carbocycles. The average Bonchev–Trinajstić information content (AvgIpc) is 2.36. The fourth-order valence-electron chi connectivity index (χ4n) is 2.62. The predicted molar refractivity (Wildman–Crippen MR) is 80.6 cm³/mol. The van der Waals surface area contributed by atoms with Crippen molar-refractivity contribution >= 4 is 23.4 Å². The fraction of sp³-hybridized carbons (Fsp3) is 0.533. The second-order valence-electron chi connectivity index (χ2n) is 6.43. The maximum Gasteiger partial charge on any atom is 0.245 e. The zero-order valence-electron chi connectivity index (χ0n) is 12.7. The topological polar surface area (TPSA) is 62.3 Å². The summed E-state index contributed by atoms with van der Waals surface area (Å²) < 4.78 is 0. The van der Waals surface area contributed by atoms with Crippen molar-refractivity contribution in [2.75, 3.05) is 0 Å². The van der Waals surface area contributed by atoms with Gasteiger partial charge in [-0.25, -0.2) is 0 Å². The van der Waals surface area contributed by atoms with Crippen LogP contribution < -0.4 is 5.32 Å². The largest absolute Gasteiger partial charge is 0.343 e. The van der Waals surface area contributed by atoms with Gasteiger partial charge in [-0.2, -0.15) is 0 Å². The van der Waals surface area contributed by atoms with Gasteiger partial charge in [-0.3, -0.25) is 14.6 Å². The number of hydrogen-bond acceptors (Lipinski definition) is 3. The third-order valence-corrected chi connectivity index (χ3v) is 3.93. The SMILES string of the molecule is CC1NC(=O)C(C(C)(C)C)N(Cc2ccncc2Cl)C1=O. The average molecular weight is 310 g/mol. The van der Waals surface area contributed by atoms with E-state index in [-0.39, 0.29) is 17.2 Å². The molecule has 1 aromatic heterocycles. The quantitative estimate of drug-likeness (QED) is 0.909. The minimum Gasteiger partial charge on any atom is -0.343 e. The normalized spacial score (nSPS) is 23.2. The summed E-state index contributed by atoms with van der Waals surface area (Å²) in [7, 11) is 0. The lowest BCUT2D eigenvalue weighted by Crippen LogP contribution is -2.65. The summed E-state index contributed by atoms with van der Waals surface area (Å²) in [4.78, 5) is 30.4. The number of nitrogens with one attached hydrogen (secondary N) is 1. The van der Waals surface area contributed by atoms with E-state index in [2.05, 4.69) is 10.3 Å². The van der Waals surface area contributed by atoms with Crippen molar-refractivity contribution in [3.05, 3.63) is 29.0 Å². The summed E-state index contributed by atoms with van der Waals surface area (Å²) in [6, 6.07) is 0.731. The van der Waals surface area contributed by atoms with Crippen LogP contribution in [0.4, 0.5) is 0 Å². The summed E-state index contributed by atoms with van der Waals surface area (Å²) >= 11 is 6.12. The molecule has 114 valence electrons. The summed E-state index contributed by atoms with van der Waals surface area (Å²) in [5.41, 5.74) is 0.426. The number of hydrogen-bond donors (Lipinski definition) is 1. The first-order valence-electron chi connectivity index (χ1n) is 6.91. The molecule has 1 aliphatic rings. The Morgan fingerprint density at radius 3 is 2.62 bits per heavy atom. The van der Waals surface area contributed by atoms with Gasteiger partial charge in [-0.1, -0.05) is 32.4 Å². The van der Waals surface area contributed by atoms with Crippen molar-refractivity contribution in [2.24, 2.45) is 5.41 Å². The van der Waals surface area contributed by atoms with Gasteiger partial charge in [-0.15, -0.1) is 0 Å². The van der Waals surface area contributed by atoms with Gasteiger partial charge in [0, 0.05) is 18.9 Å². The van der Waals surface area contributed by atoms with Crippen LogP contribution >= 0.6 is 11.6 Å². The van der Waals surface area contributed by atoms with E-state index in [4.69, 9.17) is 11.6 Å². The second kappa shape index (κ2) is 5.64. The zero-order valence-corrected chi connectivity index (χ0v) is 13.4. The van der Waals surface area contributed by atoms with Gasteiger partial charge in [0.2, 0.25) is 11.8 Å². The molecule has 2 amide bonds. The lowest BCUT2D eigenvalue weighted by Gasteiger charge is -2.44. The van der Waals surface area contributed by atoms with Crippen LogP contribution in [0.15, 0.2) is 18.5 Å². The number of carbonyl (C=O) groups excluding carboxylic acids is 2. The lowest BCUT2D eigenvalue weighted by atomic mass is 9.83. The molecule has 0 bridgehead atoms. The van der Waals surface area contributed by atoms with E-state index in [0.717, 1.165) is 5.56 Å². The molecule has 0 spiro atoms. The highest BCUT2D eigenvalue weighted by Crippen LogP contribution is 2.30. The van der Waals surface area contributed by atoms with Gasteiger partial charge >= 0.3 is 0 Å². The van der Waals surface area contributed by atoms with Crippen molar-refractivity contribution < 1.29 is 9.59 Å². The van der Waals surface area contributed by atoms with Crippen LogP contribution in [0.1, 0.15) is 33.3 Å². The Labute approximate surface area is 129 Å². The minimum absolute atomic E-state index is 0.0950. The van der Waals surface area contributed by atoms with Crippen LogP contribution in [-0.2, 0) is 16.1 Å². The number of halogens is 1. The Kier molecular flexibility index (Phi) is 4.23. The van der Waals surface area contributed by atoms with Crippen molar-refractivity contribution in [1.82, 2.24) is 15.2 Å². The first-order valence-corrected chi connectivity index (χ1v) is 7.29. The molecule has 0 radical (unpaired) electrons. The minimum atomic E-state index is -0.523. The highest BCUT2D eigenvalue weighted by molar-refractivity contribution is 6.31. The highest BCUT2D eigenvalue weighted by Gasteiger charge is 2.44. The monoisotopic (exact) mass is 309 g/mol. The number of aromatic nitrogens is 1. The molecule has 6 heteroatoms. The molecule has 2 atom stereocenters. The van der Waals surface area contributed by atoms with E-state index in [9.17, 15) is 9.59 Å². The summed E-state index contributed by atoms with van der Waals surface area (Å²) in [6.45, 7) is 7.84. The number of nitrogens with zero attached hydrogens (tertiary/aromatic N) is 2. The molecule has 2 rings (SSSR count). The number of carbonyl (C=O) groups is 2. The first kappa shape index (κ1) is 15.8. The Morgan fingerprint density at radius 1 is 1.38 bits per heavy atom. The van der Waals surface area contributed by atoms with Crippen LogP contribution in [0.3, 0.4) is 0 Å². The first-order chi connectivity index (χ1) is 9.71. The Morgan fingerprint density at radius 2 is 2.05 bits per heavy atom. The molecule has 5 nitrogen and oxygen atoms in total. The molecular weight excluding hydrogens is 290 g/mol. The van der Waals surface area contributed by atoms with Gasteiger partial charge in [0.15, 0.2) is 0 Å². The lowest BCUT2D eigenvalue weighted by molar-refractivity contribution is -0.154. The molecule has 2 heterocycles. The number of amides is 2. The molecule has 1 saturated heterocycles. The van der Waals surface area contributed by atoms with E-state index >= 15 is 0 Å². The maximum atomic E-state index is 12.5. The second-order valence-corrected chi connectivity index (χ2v) is 6.84. The van der Waals surface area contributed by atoms with E-state index in [1.54, 1.807) is 30.3 Å². The van der Waals surface area contributed by atoms with Crippen molar-refractivity contribution in [2.45, 2.75) is 46.3 Å². The molecule has 1 fully saturated rings. The third-order valence-electron chi connectivity index (χ3n) is 3.59. The van der Waals surface area contributed by atoms with E-state index in [1.165, 1.54) is 0 Å². The predicted octanol–water partition coefficient (Wildman–Crippen LogP) is 2.00. The van der Waals surface area contributed by atoms with Gasteiger partial charge < -0.3 is 10.2 Å². The van der Waals surface area contributed by atoms with Crippen molar-refractivity contribution in [1.29, 1.82) is 0 Å². The molecule has 1 N–H and O–H groups in total. The van der Waals surface area contributed by atoms with E-state index in [1.807, 2.05) is 20.8 Å². The van der Waals surface area contributed by atoms with E-state index in [0.29, 0.717) is 11.6 Å². The van der Waals surface area contributed by atoms with Gasteiger partial charge in [0.1, 0.15) is 12.1 Å². The Balaban J connectivity index is 2.37. The number of piperazine rings is 1. The van der Waals surface area contributed by atoms with E-state index < -0.39 is 12.1 Å². The third kappa shape index (κ3) is 3.18. The van der Waals surface area contributed by atoms with Crippen LogP contribution in [0.25, 0.3) is 0 Å². The number of rotatable bonds is 2. The Hall–Kier alpha value is -1.62. The zero-order chi connectivity index (χ0) is 15.8. The summed E-state index contributed by atoms with van der Waals surface area (Å²) in [5.74, 6) is -0.220. The standard InChI is InChI=1S/C15H20ClN3O2/c1-9-14(21)19(8-10-5-6-17-7-11(10)16)12(13(20)18-9)15(2,3)4/h5-7,9,12H,8H2,1-4H3,(H,18,20). The molecule has 0 saturated carbocycles. The number of pyridine rings is 1. The van der Waals surface area contributed by atoms with Crippen LogP contribution in [0.2, 0.25) is 5.02 Å². The summed E-state index contributed by atoms with van der Waals surface area (Å²) in [6.07, 6.45) is 3.17. The molecule has 1 aromatic rings. The molecule has 21 heavy (non-hydrogen) atoms. The van der Waals surface area contributed by atoms with Crippen LogP contribution in [0.5, 0.6) is 0 Å². The van der Waals surface area contributed by atoms with Crippen LogP contribution in [-0.4, -0.2) is 33.8 Å². The van der Waals surface area contributed by atoms with Crippen molar-refractivity contribution in [3.63, 3.8) is 0 Å². The smallest absolute Gasteiger partial charge is 0.245 e. The molecular formula is C15H20ClN3O2. The summed E-state index contributed by atoms with van der Waals surface area (Å²) in [5, 5.41) is 3.24. The van der Waals surface area contributed by atoms with Gasteiger partial charge in [0.05, 0.1) is 5.02 Å². The van der Waals surface area contributed by atoms with Crippen LogP contribution in [0, 0.1) is 5.41 Å². The van der Waals surface area contributed by atoms with Gasteiger partial charge in [0.25, 0.3) is 0 Å². The maximum absolute atomic E-state index is 12.5. The van der Waals surface area contributed by atoms with Gasteiger partial charge in [-0.05, 0) is 24.0 Å². The highest BCUT2D eigenvalue weighted by atomic mass is 35.5. The molecule has 0 aliphatic carbocycles. The molecule has 2 unspecified atom stereocenters. The molecule has 1 aliphatic heterocycles. The van der Waals surface area contributed by atoms with Crippen molar-refractivity contribution in [3.8, 4) is 0 Å². The fourth-order valence-corrected chi connectivity index (χ4v) is 2.80.